The maximum absolute atomic E-state index is 14.8. The molecule has 1 aromatic carbocycles. The van der Waals surface area contributed by atoms with E-state index in [9.17, 15) is 52.7 Å². The molecule has 3 aromatic rings. The molecule has 0 aliphatic heterocycles. The number of nitrogens with two attached hydrogens (primary N) is 9. The van der Waals surface area contributed by atoms with Crippen LogP contribution in [0.4, 0.5) is 0 Å². The molecular weight excluding hydrogens is 1630 g/mol. The molecule has 3 rings (SSSR count). The molecule has 0 radical (unpaired) electrons. The molecule has 664 valence electrons. The van der Waals surface area contributed by atoms with E-state index >= 15 is 0 Å². The van der Waals surface area contributed by atoms with Crippen molar-refractivity contribution in [2.45, 2.75) is 215 Å². The van der Waals surface area contributed by atoms with Gasteiger partial charge in [-0.1, -0.05) is 28.8 Å². The number of fused-ring (bicyclic) bond motifs is 3. The van der Waals surface area contributed by atoms with Crippen LogP contribution in [-0.4, -0.2) is 225 Å². The number of guanidine groups is 7. The third-order valence-corrected chi connectivity index (χ3v) is 19.9. The molecule has 119 heavy (non-hydrogen) atoms. The van der Waals surface area contributed by atoms with Gasteiger partial charge in [-0.15, -0.1) is 11.3 Å². The van der Waals surface area contributed by atoms with Crippen molar-refractivity contribution in [2.24, 2.45) is 51.6 Å². The number of carbonyl (C=O) groups excluding carboxylic acids is 10. The Kier molecular flexibility index (Phi) is 49.0. The van der Waals surface area contributed by atoms with Crippen LogP contribution in [0.3, 0.4) is 0 Å². The van der Waals surface area contributed by atoms with E-state index in [1.165, 1.54) is 11.3 Å². The third-order valence-electron chi connectivity index (χ3n) is 18.2. The summed E-state index contributed by atoms with van der Waals surface area (Å²) in [5, 5.41) is 101. The van der Waals surface area contributed by atoms with E-state index in [0.717, 1.165) is 21.0 Å². The van der Waals surface area contributed by atoms with Crippen LogP contribution >= 0.6 is 27.3 Å². The number of H-pyrrole nitrogens is 1. The van der Waals surface area contributed by atoms with Gasteiger partial charge in [0.15, 0.2) is 41.7 Å². The molecule has 0 aliphatic rings. The zero-order valence-electron chi connectivity index (χ0n) is 67.2. The fourth-order valence-corrected chi connectivity index (χ4v) is 13.5. The molecule has 2 aromatic heterocycles. The van der Waals surface area contributed by atoms with E-state index in [1.54, 1.807) is 0 Å². The first-order chi connectivity index (χ1) is 56.7. The Labute approximate surface area is 702 Å². The monoisotopic (exact) mass is 1760 g/mol. The highest BCUT2D eigenvalue weighted by Gasteiger charge is 2.35. The Morgan fingerprint density at radius 1 is 0.378 bits per heavy atom. The second-order valence-corrected chi connectivity index (χ2v) is 30.2. The number of nitrogens with one attached hydrogen (secondary N) is 25. The number of hydrogen-bond acceptors (Lipinski definition) is 22. The predicted octanol–water partition coefficient (Wildman–Crippen LogP) is -5.44. The van der Waals surface area contributed by atoms with E-state index in [1.807, 2.05) is 18.2 Å². The first-order valence-corrected chi connectivity index (χ1v) is 41.3. The Morgan fingerprint density at radius 2 is 0.689 bits per heavy atom. The van der Waals surface area contributed by atoms with Gasteiger partial charge in [0.2, 0.25) is 59.1 Å². The topological polar surface area (TPSA) is 822 Å². The highest BCUT2D eigenvalue weighted by Crippen LogP contribution is 2.32. The van der Waals surface area contributed by atoms with Gasteiger partial charge in [0.05, 0.1) is 12.1 Å². The van der Waals surface area contributed by atoms with Gasteiger partial charge in [0.1, 0.15) is 58.9 Å². The number of primary amides is 1. The highest BCUT2D eigenvalue weighted by molar-refractivity contribution is 9.10. The zero-order chi connectivity index (χ0) is 88.2. The molecule has 0 aliphatic carbocycles. The van der Waals surface area contributed by atoms with Crippen LogP contribution in [-0.2, 0) is 54.5 Å². The summed E-state index contributed by atoms with van der Waals surface area (Å²) >= 11 is 4.88. The summed E-state index contributed by atoms with van der Waals surface area (Å²) in [5.41, 5.74) is 50.5. The number of unbranched alkanes of at least 4 members (excludes halogenated alkanes) is 5. The first-order valence-electron chi connectivity index (χ1n) is 39.7. The Balaban J connectivity index is 1.81. The van der Waals surface area contributed by atoms with E-state index in [0.29, 0.717) is 87.0 Å². The van der Waals surface area contributed by atoms with Crippen LogP contribution in [0.5, 0.6) is 0 Å². The fraction of sp³-hybridized carbons (Fsp3) is 0.620. The van der Waals surface area contributed by atoms with Crippen molar-refractivity contribution in [3.05, 3.63) is 38.9 Å². The van der Waals surface area contributed by atoms with Gasteiger partial charge in [0, 0.05) is 79.8 Å². The molecule has 0 unspecified atom stereocenters. The summed E-state index contributed by atoms with van der Waals surface area (Å²) in [4.78, 5) is 161. The van der Waals surface area contributed by atoms with Crippen molar-refractivity contribution in [2.75, 3.05) is 65.4 Å². The fourth-order valence-electron chi connectivity index (χ4n) is 12.1. The summed E-state index contributed by atoms with van der Waals surface area (Å²) in [6.45, 7) is 1.96. The number of halogens is 1. The molecule has 0 saturated carbocycles. The zero-order valence-corrected chi connectivity index (χ0v) is 69.6. The lowest BCUT2D eigenvalue weighted by Crippen LogP contribution is -2.60. The van der Waals surface area contributed by atoms with Crippen molar-refractivity contribution in [3.8, 4) is 0 Å². The standard InChI is InChI=1S/C71H126BrN35O11S/c72-40-26-27-50-41(38-40)54-55(119-50)64(118)107-51(106-54)39-89-29-7-1-3-24-52(108)98-43(17-9-31-91-65(75)76)57(111)90-30-8-2-4-25-53(109)99-44(18-10-32-92-66(77)78)58(112)101-46(20-12-34-94-68(81)82)60(114)103-48(22-14-36-96-70(85)86)62(116)105-49(23-15-37-97-71(87)88)63(117)104-47(21-13-35-95-69(83)84)61(115)102-45(19-11-33-93-67(79)80)59(113)100-42(56(74)110)16-5-6-28-73/h26-27,38,42-49,89H,1-25,28-37,39,73H2,(H2,74,110)(H,90,111)(H,98,108)(H,99,109)(H,100,113)(H,101,112)(H,102,115)(H,103,114)(H,104,117)(H,105,116)(H4,75,76,91)(H4,77,78,92)(H4,79,80,93)(H4,81,82,94)(H4,83,84,95)(H4,85,86,96)(H4,87,88,97)(H,106,107,118)/t42-,43-,44-,45-,46-,47-,48-,49-/m1/s1. The Hall–Kier alpha value is -11.7. The summed E-state index contributed by atoms with van der Waals surface area (Å²) < 4.78 is 2.39. The van der Waals surface area contributed by atoms with Gasteiger partial charge in [-0.2, -0.15) is 0 Å². The number of rotatable bonds is 62. The van der Waals surface area contributed by atoms with Crippen LogP contribution < -0.4 is 148 Å². The minimum atomic E-state index is -1.53. The lowest BCUT2D eigenvalue weighted by molar-refractivity contribution is -0.136. The summed E-state index contributed by atoms with van der Waals surface area (Å²) in [7, 11) is 0. The predicted molar refractivity (Wildman–Crippen MR) is 459 cm³/mol. The number of aromatic amines is 1. The lowest BCUT2D eigenvalue weighted by Gasteiger charge is -2.28. The molecule has 43 N–H and O–H groups in total. The van der Waals surface area contributed by atoms with E-state index < -0.39 is 125 Å². The molecule has 46 nitrogen and oxygen atoms in total. The Bertz CT molecular complexity index is 3920. The van der Waals surface area contributed by atoms with Crippen molar-refractivity contribution >= 4 is 148 Å². The van der Waals surface area contributed by atoms with Crippen molar-refractivity contribution in [1.82, 2.24) is 100 Å². The molecular formula is C71H126BrN35O11S. The van der Waals surface area contributed by atoms with Crippen LogP contribution in [0.15, 0.2) is 27.5 Å². The molecule has 48 heteroatoms. The molecule has 2 heterocycles. The van der Waals surface area contributed by atoms with Gasteiger partial charge in [-0.3, -0.25) is 90.6 Å². The SMILES string of the molecule is N=C(N)NCCC[C@@H](NC(=O)CCCCCNCc1nc2c(sc3ccc(Br)cc32)c(=O)[nH]1)C(=O)NCCCCCC(=O)N[C@H](CCCNC(=N)N)C(=O)N[C@H](CCCNC(=N)N)C(=O)N[C@H](CCCNC(=N)N)C(=O)N[C@H](CCCNC(=N)N)C(=O)N[C@H](CCCNC(=N)N)C(=O)N[C@H](CCCNC(=N)N)C(=O)N[C@H](CCCCN)C(N)=O. The van der Waals surface area contributed by atoms with Crippen LogP contribution in [0.1, 0.15) is 166 Å². The summed E-state index contributed by atoms with van der Waals surface area (Å²) in [5.74, 6) is -9.64. The second-order valence-electron chi connectivity index (χ2n) is 28.2. The minimum Gasteiger partial charge on any atom is -0.370 e. The lowest BCUT2D eigenvalue weighted by atomic mass is 10.0. The molecule has 0 spiro atoms. The van der Waals surface area contributed by atoms with Gasteiger partial charge in [-0.25, -0.2) is 4.98 Å². The van der Waals surface area contributed by atoms with Crippen LogP contribution in [0, 0.1) is 37.9 Å². The number of aromatic nitrogens is 2. The molecule has 0 fully saturated rings. The average molecular weight is 1760 g/mol. The van der Waals surface area contributed by atoms with Gasteiger partial charge in [-0.05, 0) is 166 Å². The normalized spacial score (nSPS) is 13.0. The van der Waals surface area contributed by atoms with Gasteiger partial charge < -0.3 is 147 Å². The molecule has 0 bridgehead atoms. The number of amides is 10. The van der Waals surface area contributed by atoms with Crippen molar-refractivity contribution < 1.29 is 47.9 Å². The summed E-state index contributed by atoms with van der Waals surface area (Å²) in [6, 6.07) is -4.94. The Morgan fingerprint density at radius 3 is 1.03 bits per heavy atom. The number of hydrogen-bond donors (Lipinski definition) is 34. The van der Waals surface area contributed by atoms with Crippen molar-refractivity contribution in [1.29, 1.82) is 37.9 Å². The van der Waals surface area contributed by atoms with E-state index in [-0.39, 0.29) is 184 Å². The maximum atomic E-state index is 14.8. The van der Waals surface area contributed by atoms with Gasteiger partial charge >= 0.3 is 0 Å². The average Bonchev–Trinajstić information content (AvgIpc) is 1.63. The van der Waals surface area contributed by atoms with E-state index in [4.69, 9.17) is 94.5 Å². The molecule has 8 atom stereocenters. The first kappa shape index (κ1) is 102. The summed E-state index contributed by atoms with van der Waals surface area (Å²) in [6.07, 6.45) is 4.62. The molecule has 10 amide bonds. The molecule has 0 saturated heterocycles. The van der Waals surface area contributed by atoms with Gasteiger partial charge in [0.25, 0.3) is 5.56 Å². The van der Waals surface area contributed by atoms with Crippen LogP contribution in [0.25, 0.3) is 20.3 Å². The minimum absolute atomic E-state index is 0.00760. The quantitative estimate of drug-likeness (QED) is 0.0142. The number of thiophene rings is 1. The van der Waals surface area contributed by atoms with Crippen molar-refractivity contribution in [3.63, 3.8) is 0 Å². The maximum Gasteiger partial charge on any atom is 0.268 e. The number of nitrogens with zero attached hydrogens (tertiary/aromatic N) is 1. The van der Waals surface area contributed by atoms with Crippen LogP contribution in [0.2, 0.25) is 0 Å². The highest BCUT2D eigenvalue weighted by atomic mass is 79.9. The number of benzene rings is 1. The van der Waals surface area contributed by atoms with E-state index in [2.05, 4.69) is 111 Å². The largest absolute Gasteiger partial charge is 0.370 e. The number of carbonyl (C=O) groups is 10. The smallest absolute Gasteiger partial charge is 0.268 e. The second kappa shape index (κ2) is 57.4. The third kappa shape index (κ3) is 43.9.